The molecule has 36 heavy (non-hydrogen) atoms. The molecule has 0 heterocycles. The molecule has 0 unspecified atom stereocenters. The van der Waals surface area contributed by atoms with Gasteiger partial charge in [-0.25, -0.2) is 12.8 Å². The van der Waals surface area contributed by atoms with Crippen molar-refractivity contribution in [3.8, 4) is 0 Å². The quantitative estimate of drug-likeness (QED) is 0.485. The predicted molar refractivity (Wildman–Crippen MR) is 139 cm³/mol. The first-order chi connectivity index (χ1) is 17.0. The number of nitrogens with zero attached hydrogens (tertiary/aromatic N) is 2. The third kappa shape index (κ3) is 7.78. The summed E-state index contributed by atoms with van der Waals surface area (Å²) in [6.45, 7) is 4.06. The monoisotopic (exact) mass is 517 g/mol. The fraction of sp³-hybridized carbons (Fsp3) is 0.481. The Bertz CT molecular complexity index is 1150. The summed E-state index contributed by atoms with van der Waals surface area (Å²) in [4.78, 5) is 27.9. The molecule has 2 aromatic carbocycles. The van der Waals surface area contributed by atoms with Crippen molar-refractivity contribution in [2.24, 2.45) is 0 Å². The standard InChI is InChI=1S/C27H36FN3O4S/c1-20-8-6-9-22(18-20)19-30(21(2)27(33)29-24-10-4-5-11-24)26(32)12-7-17-31(36(3,34)35)25-15-13-23(28)14-16-25/h6,8-9,13-16,18,21,24H,4-5,7,10-12,17,19H2,1-3H3,(H,29,33)/t21-/m0/s1. The number of hydrogen-bond donors (Lipinski definition) is 1. The molecule has 7 nitrogen and oxygen atoms in total. The Labute approximate surface area is 213 Å². The molecule has 2 amide bonds. The van der Waals surface area contributed by atoms with Gasteiger partial charge in [0.2, 0.25) is 21.8 Å². The maximum absolute atomic E-state index is 13.4. The zero-order valence-electron chi connectivity index (χ0n) is 21.2. The van der Waals surface area contributed by atoms with E-state index in [2.05, 4.69) is 5.32 Å². The average molecular weight is 518 g/mol. The number of anilines is 1. The van der Waals surface area contributed by atoms with Crippen LogP contribution in [0.3, 0.4) is 0 Å². The van der Waals surface area contributed by atoms with Crippen molar-refractivity contribution < 1.29 is 22.4 Å². The molecule has 1 N–H and O–H groups in total. The molecular weight excluding hydrogens is 481 g/mol. The number of halogens is 1. The molecule has 1 aliphatic rings. The largest absolute Gasteiger partial charge is 0.352 e. The molecule has 1 aliphatic carbocycles. The normalized spacial score (nSPS) is 14.9. The van der Waals surface area contributed by atoms with Crippen LogP contribution in [0.5, 0.6) is 0 Å². The zero-order valence-corrected chi connectivity index (χ0v) is 22.1. The van der Waals surface area contributed by atoms with Gasteiger partial charge in [0.05, 0.1) is 11.9 Å². The molecule has 196 valence electrons. The van der Waals surface area contributed by atoms with Gasteiger partial charge in [-0.2, -0.15) is 0 Å². The van der Waals surface area contributed by atoms with Crippen molar-refractivity contribution in [1.29, 1.82) is 0 Å². The summed E-state index contributed by atoms with van der Waals surface area (Å²) >= 11 is 0. The van der Waals surface area contributed by atoms with Crippen LogP contribution >= 0.6 is 0 Å². The van der Waals surface area contributed by atoms with E-state index in [0.717, 1.165) is 43.1 Å². The highest BCUT2D eigenvalue weighted by molar-refractivity contribution is 7.92. The van der Waals surface area contributed by atoms with E-state index in [-0.39, 0.29) is 43.8 Å². The Morgan fingerprint density at radius 3 is 2.39 bits per heavy atom. The van der Waals surface area contributed by atoms with E-state index < -0.39 is 21.9 Å². The number of carbonyl (C=O) groups is 2. The molecule has 2 aromatic rings. The highest BCUT2D eigenvalue weighted by Gasteiger charge is 2.28. The number of amides is 2. The summed E-state index contributed by atoms with van der Waals surface area (Å²) in [6, 6.07) is 12.5. The Morgan fingerprint density at radius 2 is 1.78 bits per heavy atom. The lowest BCUT2D eigenvalue weighted by Crippen LogP contribution is -2.49. The van der Waals surface area contributed by atoms with Crippen molar-refractivity contribution in [2.45, 2.75) is 71.0 Å². The van der Waals surface area contributed by atoms with Gasteiger partial charge < -0.3 is 10.2 Å². The van der Waals surface area contributed by atoms with Crippen LogP contribution in [0.25, 0.3) is 0 Å². The molecule has 9 heteroatoms. The van der Waals surface area contributed by atoms with Gasteiger partial charge in [-0.3, -0.25) is 13.9 Å². The van der Waals surface area contributed by atoms with Gasteiger partial charge in [-0.15, -0.1) is 0 Å². The van der Waals surface area contributed by atoms with Crippen LogP contribution < -0.4 is 9.62 Å². The summed E-state index contributed by atoms with van der Waals surface area (Å²) in [5.74, 6) is -0.857. The van der Waals surface area contributed by atoms with Gasteiger partial charge in [0, 0.05) is 25.6 Å². The second-order valence-electron chi connectivity index (χ2n) is 9.59. The third-order valence-corrected chi connectivity index (χ3v) is 7.77. The van der Waals surface area contributed by atoms with Gasteiger partial charge in [-0.05, 0) is 62.9 Å². The molecule has 3 rings (SSSR count). The second-order valence-corrected chi connectivity index (χ2v) is 11.5. The Morgan fingerprint density at radius 1 is 1.11 bits per heavy atom. The fourth-order valence-corrected chi connectivity index (χ4v) is 5.56. The SMILES string of the molecule is Cc1cccc(CN(C(=O)CCCN(c2ccc(F)cc2)S(C)(=O)=O)[C@@H](C)C(=O)NC2CCCC2)c1. The van der Waals surface area contributed by atoms with Crippen molar-refractivity contribution in [1.82, 2.24) is 10.2 Å². The molecule has 0 bridgehead atoms. The van der Waals surface area contributed by atoms with Crippen LogP contribution in [0, 0.1) is 12.7 Å². The van der Waals surface area contributed by atoms with E-state index >= 15 is 0 Å². The lowest BCUT2D eigenvalue weighted by atomic mass is 10.1. The molecule has 0 aromatic heterocycles. The Balaban J connectivity index is 1.71. The molecule has 1 fully saturated rings. The minimum Gasteiger partial charge on any atom is -0.352 e. The van der Waals surface area contributed by atoms with Crippen molar-refractivity contribution in [3.05, 3.63) is 65.5 Å². The number of rotatable bonds is 11. The summed E-state index contributed by atoms with van der Waals surface area (Å²) in [5.41, 5.74) is 2.33. The van der Waals surface area contributed by atoms with Crippen LogP contribution in [0.2, 0.25) is 0 Å². The lowest BCUT2D eigenvalue weighted by molar-refractivity contribution is -0.141. The average Bonchev–Trinajstić information content (AvgIpc) is 3.33. The van der Waals surface area contributed by atoms with Crippen LogP contribution in [0.1, 0.15) is 56.6 Å². The van der Waals surface area contributed by atoms with E-state index in [0.29, 0.717) is 5.69 Å². The molecule has 1 saturated carbocycles. The molecule has 0 spiro atoms. The van der Waals surface area contributed by atoms with E-state index in [1.54, 1.807) is 11.8 Å². The summed E-state index contributed by atoms with van der Waals surface area (Å²) in [6.07, 6.45) is 5.50. The Kier molecular flexibility index (Phi) is 9.48. The number of sulfonamides is 1. The van der Waals surface area contributed by atoms with E-state index in [4.69, 9.17) is 0 Å². The van der Waals surface area contributed by atoms with Crippen LogP contribution in [-0.2, 0) is 26.2 Å². The molecule has 0 saturated heterocycles. The number of nitrogens with one attached hydrogen (secondary N) is 1. The molecule has 1 atom stereocenters. The van der Waals surface area contributed by atoms with E-state index in [9.17, 15) is 22.4 Å². The van der Waals surface area contributed by atoms with Gasteiger partial charge in [0.1, 0.15) is 11.9 Å². The van der Waals surface area contributed by atoms with E-state index in [1.807, 2.05) is 31.2 Å². The Hall–Kier alpha value is -2.94. The maximum atomic E-state index is 13.4. The number of hydrogen-bond acceptors (Lipinski definition) is 4. The first kappa shape index (κ1) is 27.6. The maximum Gasteiger partial charge on any atom is 0.242 e. The summed E-state index contributed by atoms with van der Waals surface area (Å²) in [5, 5.41) is 3.08. The van der Waals surface area contributed by atoms with Gasteiger partial charge in [-0.1, -0.05) is 42.7 Å². The molecule has 0 aliphatic heterocycles. The third-order valence-electron chi connectivity index (χ3n) is 6.57. The number of benzene rings is 2. The summed E-state index contributed by atoms with van der Waals surface area (Å²) in [7, 11) is -3.62. The van der Waals surface area contributed by atoms with Crippen molar-refractivity contribution in [3.63, 3.8) is 0 Å². The number of carbonyl (C=O) groups excluding carboxylic acids is 2. The molecule has 0 radical (unpaired) electrons. The lowest BCUT2D eigenvalue weighted by Gasteiger charge is -2.30. The van der Waals surface area contributed by atoms with E-state index in [1.165, 1.54) is 28.6 Å². The minimum absolute atomic E-state index is 0.0666. The number of aryl methyl sites for hydroxylation is 1. The topological polar surface area (TPSA) is 86.8 Å². The zero-order chi connectivity index (χ0) is 26.3. The smallest absolute Gasteiger partial charge is 0.242 e. The highest BCUT2D eigenvalue weighted by atomic mass is 32.2. The minimum atomic E-state index is -3.62. The summed E-state index contributed by atoms with van der Waals surface area (Å²) < 4.78 is 39.2. The predicted octanol–water partition coefficient (Wildman–Crippen LogP) is 4.16. The second kappa shape index (κ2) is 12.3. The molecular formula is C27H36FN3O4S. The van der Waals surface area contributed by atoms with Crippen molar-refractivity contribution >= 4 is 27.5 Å². The highest BCUT2D eigenvalue weighted by Crippen LogP contribution is 2.21. The van der Waals surface area contributed by atoms with Crippen LogP contribution in [0.15, 0.2) is 48.5 Å². The first-order valence-corrected chi connectivity index (χ1v) is 14.3. The first-order valence-electron chi connectivity index (χ1n) is 12.4. The van der Waals surface area contributed by atoms with Gasteiger partial charge in [0.25, 0.3) is 0 Å². The van der Waals surface area contributed by atoms with Gasteiger partial charge in [0.15, 0.2) is 0 Å². The fourth-order valence-electron chi connectivity index (χ4n) is 4.59. The van der Waals surface area contributed by atoms with Crippen LogP contribution in [-0.4, -0.2) is 50.0 Å². The van der Waals surface area contributed by atoms with Gasteiger partial charge >= 0.3 is 0 Å². The van der Waals surface area contributed by atoms with Crippen LogP contribution in [0.4, 0.5) is 10.1 Å². The van der Waals surface area contributed by atoms with Crippen molar-refractivity contribution in [2.75, 3.05) is 17.1 Å².